The highest BCUT2D eigenvalue weighted by atomic mass is 79.9. The van der Waals surface area contributed by atoms with E-state index in [-0.39, 0.29) is 5.01 Å². The van der Waals surface area contributed by atoms with Crippen molar-refractivity contribution in [3.05, 3.63) is 12.3 Å². The Balaban J connectivity index is 2.32. The van der Waals surface area contributed by atoms with Crippen molar-refractivity contribution < 1.29 is 4.74 Å². The molecule has 2 heteroatoms. The third-order valence-corrected chi connectivity index (χ3v) is 1.23. The highest BCUT2D eigenvalue weighted by Crippen LogP contribution is 2.13. The van der Waals surface area contributed by atoms with Gasteiger partial charge in [0.1, 0.15) is 0 Å². The van der Waals surface area contributed by atoms with Crippen LogP contribution in [0.25, 0.3) is 0 Å². The van der Waals surface area contributed by atoms with Crippen LogP contribution < -0.4 is 0 Å². The van der Waals surface area contributed by atoms with Crippen LogP contribution >= 0.6 is 15.9 Å². The van der Waals surface area contributed by atoms with E-state index in [4.69, 9.17) is 4.74 Å². The number of hydrogen-bond acceptors (Lipinski definition) is 1. The van der Waals surface area contributed by atoms with Crippen molar-refractivity contribution in [2.24, 2.45) is 0 Å². The van der Waals surface area contributed by atoms with Gasteiger partial charge in [0.25, 0.3) is 0 Å². The summed E-state index contributed by atoms with van der Waals surface area (Å²) in [6, 6.07) is 0. The first-order valence-corrected chi connectivity index (χ1v) is 2.76. The Morgan fingerprint density at radius 3 is 2.83 bits per heavy atom. The molecule has 1 aliphatic heterocycles. The van der Waals surface area contributed by atoms with Crippen molar-refractivity contribution in [2.75, 3.05) is 0 Å². The smallest absolute Gasteiger partial charge is 0.155 e. The second-order valence-electron chi connectivity index (χ2n) is 1.15. The van der Waals surface area contributed by atoms with Crippen molar-refractivity contribution in [1.82, 2.24) is 0 Å². The van der Waals surface area contributed by atoms with Crippen LogP contribution in [0.3, 0.4) is 0 Å². The van der Waals surface area contributed by atoms with E-state index in [0.29, 0.717) is 0 Å². The fraction of sp³-hybridized carbons (Fsp3) is 0.500. The Bertz CT molecular complexity index is 61.9. The van der Waals surface area contributed by atoms with Crippen molar-refractivity contribution in [1.29, 1.82) is 0 Å². The monoisotopic (exact) mass is 148 g/mol. The molecule has 1 atom stereocenters. The molecule has 1 nitrogen and oxygen atoms in total. The molecule has 0 saturated carbocycles. The molecule has 0 aromatic heterocycles. The van der Waals surface area contributed by atoms with Crippen molar-refractivity contribution in [3.63, 3.8) is 0 Å². The van der Waals surface area contributed by atoms with Gasteiger partial charge in [-0.3, -0.25) is 0 Å². The average Bonchev–Trinajstić information content (AvgIpc) is 1.86. The third kappa shape index (κ3) is 0.744. The van der Waals surface area contributed by atoms with Gasteiger partial charge in [0.2, 0.25) is 0 Å². The molecule has 0 N–H and O–H groups in total. The second-order valence-corrected chi connectivity index (χ2v) is 2.17. The number of halogens is 1. The zero-order valence-electron chi connectivity index (χ0n) is 3.23. The number of ether oxygens (including phenoxy) is 1. The molecule has 0 aromatic rings. The molecule has 0 aromatic carbocycles. The Hall–Kier alpha value is 0.0200. The standard InChI is InChI=1S/C4H5BrO/c5-4-2-1-3-6-4/h1,3-4H,2H2. The minimum absolute atomic E-state index is 0.248. The molecule has 0 saturated heterocycles. The average molecular weight is 149 g/mol. The predicted molar refractivity (Wildman–Crippen MR) is 27.6 cm³/mol. The molecule has 0 bridgehead atoms. The van der Waals surface area contributed by atoms with Gasteiger partial charge in [-0.1, -0.05) is 0 Å². The van der Waals surface area contributed by atoms with Gasteiger partial charge < -0.3 is 4.74 Å². The summed E-state index contributed by atoms with van der Waals surface area (Å²) in [4.78, 5) is 0. The largest absolute Gasteiger partial charge is 0.487 e. The lowest BCUT2D eigenvalue weighted by Crippen LogP contribution is -1.87. The third-order valence-electron chi connectivity index (χ3n) is 0.644. The molecule has 0 fully saturated rings. The van der Waals surface area contributed by atoms with E-state index in [1.165, 1.54) is 0 Å². The van der Waals surface area contributed by atoms with Crippen LogP contribution in [0.1, 0.15) is 6.42 Å². The molecule has 1 rings (SSSR count). The van der Waals surface area contributed by atoms with Crippen LogP contribution in [-0.4, -0.2) is 5.01 Å². The van der Waals surface area contributed by atoms with Crippen LogP contribution in [0.15, 0.2) is 12.3 Å². The SMILES string of the molecule is BrC1CC=CO1. The normalized spacial score (nSPS) is 30.5. The zero-order chi connectivity index (χ0) is 4.41. The summed E-state index contributed by atoms with van der Waals surface area (Å²) >= 11 is 3.25. The summed E-state index contributed by atoms with van der Waals surface area (Å²) < 4.78 is 4.89. The minimum Gasteiger partial charge on any atom is -0.487 e. The van der Waals surface area contributed by atoms with E-state index in [1.807, 2.05) is 6.08 Å². The first-order chi connectivity index (χ1) is 2.89. The van der Waals surface area contributed by atoms with Crippen LogP contribution in [0.5, 0.6) is 0 Å². The molecule has 1 aliphatic rings. The van der Waals surface area contributed by atoms with Crippen molar-refractivity contribution in [3.8, 4) is 0 Å². The second kappa shape index (κ2) is 1.65. The molecule has 1 unspecified atom stereocenters. The van der Waals surface area contributed by atoms with Gasteiger partial charge in [-0.2, -0.15) is 0 Å². The zero-order valence-corrected chi connectivity index (χ0v) is 4.81. The topological polar surface area (TPSA) is 9.23 Å². The summed E-state index contributed by atoms with van der Waals surface area (Å²) in [5.74, 6) is 0. The first-order valence-electron chi connectivity index (χ1n) is 1.84. The molecular formula is C4H5BrO. The molecule has 0 amide bonds. The fourth-order valence-corrected chi connectivity index (χ4v) is 0.699. The molecule has 34 valence electrons. The van der Waals surface area contributed by atoms with Crippen LogP contribution in [-0.2, 0) is 4.74 Å². The van der Waals surface area contributed by atoms with E-state index in [9.17, 15) is 0 Å². The Morgan fingerprint density at radius 2 is 2.67 bits per heavy atom. The van der Waals surface area contributed by atoms with Gasteiger partial charge in [-0.05, 0) is 22.0 Å². The molecular weight excluding hydrogens is 144 g/mol. The Labute approximate surface area is 45.1 Å². The Kier molecular flexibility index (Phi) is 1.15. The number of alkyl halides is 1. The maximum atomic E-state index is 4.89. The quantitative estimate of drug-likeness (QED) is 0.475. The number of rotatable bonds is 0. The van der Waals surface area contributed by atoms with E-state index >= 15 is 0 Å². The van der Waals surface area contributed by atoms with Crippen LogP contribution in [0, 0.1) is 0 Å². The maximum Gasteiger partial charge on any atom is 0.155 e. The lowest BCUT2D eigenvalue weighted by atomic mass is 10.5. The minimum atomic E-state index is 0.248. The van der Waals surface area contributed by atoms with Crippen molar-refractivity contribution in [2.45, 2.75) is 11.4 Å². The Morgan fingerprint density at radius 1 is 1.83 bits per heavy atom. The molecule has 0 radical (unpaired) electrons. The molecule has 6 heavy (non-hydrogen) atoms. The summed E-state index contributed by atoms with van der Waals surface area (Å²) in [6.07, 6.45) is 4.69. The molecule has 0 aliphatic carbocycles. The van der Waals surface area contributed by atoms with Gasteiger partial charge >= 0.3 is 0 Å². The predicted octanol–water partition coefficient (Wildman–Crippen LogP) is 1.64. The van der Waals surface area contributed by atoms with Gasteiger partial charge in [-0.15, -0.1) is 0 Å². The van der Waals surface area contributed by atoms with E-state index in [1.54, 1.807) is 6.26 Å². The number of hydrogen-bond donors (Lipinski definition) is 0. The van der Waals surface area contributed by atoms with Gasteiger partial charge in [0.15, 0.2) is 5.01 Å². The fourth-order valence-electron chi connectivity index (χ4n) is 0.359. The highest BCUT2D eigenvalue weighted by molar-refractivity contribution is 9.09. The maximum absolute atomic E-state index is 4.89. The lowest BCUT2D eigenvalue weighted by Gasteiger charge is -1.94. The molecule has 1 heterocycles. The highest BCUT2D eigenvalue weighted by Gasteiger charge is 2.02. The summed E-state index contributed by atoms with van der Waals surface area (Å²) in [6.45, 7) is 0. The van der Waals surface area contributed by atoms with Gasteiger partial charge in [0.05, 0.1) is 6.26 Å². The van der Waals surface area contributed by atoms with Crippen LogP contribution in [0.4, 0.5) is 0 Å². The van der Waals surface area contributed by atoms with Gasteiger partial charge in [0, 0.05) is 6.42 Å². The summed E-state index contributed by atoms with van der Waals surface area (Å²) in [5.41, 5.74) is 0. The van der Waals surface area contributed by atoms with Gasteiger partial charge in [-0.25, -0.2) is 0 Å². The van der Waals surface area contributed by atoms with E-state index in [0.717, 1.165) is 6.42 Å². The first kappa shape index (κ1) is 4.19. The summed E-state index contributed by atoms with van der Waals surface area (Å²) in [7, 11) is 0. The summed E-state index contributed by atoms with van der Waals surface area (Å²) in [5, 5.41) is 0.248. The van der Waals surface area contributed by atoms with Crippen LogP contribution in [0.2, 0.25) is 0 Å². The molecule has 0 spiro atoms. The lowest BCUT2D eigenvalue weighted by molar-refractivity contribution is 0.256. The van der Waals surface area contributed by atoms with E-state index in [2.05, 4.69) is 15.9 Å². The van der Waals surface area contributed by atoms with Crippen molar-refractivity contribution >= 4 is 15.9 Å². The van der Waals surface area contributed by atoms with E-state index < -0.39 is 0 Å².